The number of hydrogen-bond donors (Lipinski definition) is 1. The average Bonchev–Trinajstić information content (AvgIpc) is 2.98. The molecule has 0 unspecified atom stereocenters. The maximum Gasteiger partial charge on any atom is 0.339 e. The number of halogens is 1. The second-order valence-corrected chi connectivity index (χ2v) is 9.29. The number of ether oxygens (including phenoxy) is 1. The molecule has 1 fully saturated rings. The molecule has 2 aromatic rings. The molecule has 1 aliphatic heterocycles. The zero-order chi connectivity index (χ0) is 23.5. The number of primary amides is 1. The Morgan fingerprint density at radius 2 is 1.91 bits per heavy atom. The van der Waals surface area contributed by atoms with Gasteiger partial charge in [-0.05, 0) is 54.6 Å². The Labute approximate surface area is 193 Å². The van der Waals surface area contributed by atoms with Crippen LogP contribution in [0.3, 0.4) is 0 Å². The smallest absolute Gasteiger partial charge is 0.339 e. The molecule has 0 bridgehead atoms. The molecule has 2 N–H and O–H groups in total. The first kappa shape index (κ1) is 23.6. The second kappa shape index (κ2) is 9.63. The van der Waals surface area contributed by atoms with Gasteiger partial charge in [-0.1, -0.05) is 29.8 Å². The lowest BCUT2D eigenvalue weighted by molar-refractivity contribution is -0.127. The summed E-state index contributed by atoms with van der Waals surface area (Å²) >= 11 is 6.92. The maximum atomic E-state index is 12.6. The van der Waals surface area contributed by atoms with E-state index in [-0.39, 0.29) is 32.9 Å². The topological polar surface area (TPSA) is 133 Å². The molecule has 3 amide bonds. The summed E-state index contributed by atoms with van der Waals surface area (Å²) in [6.45, 7) is 1.33. The van der Waals surface area contributed by atoms with E-state index in [1.807, 2.05) is 0 Å². The molecule has 168 valence electrons. The van der Waals surface area contributed by atoms with Crippen LogP contribution in [0.5, 0.6) is 11.5 Å². The Bertz CT molecular complexity index is 1210. The fraction of sp³-hybridized carbons (Fsp3) is 0.150. The van der Waals surface area contributed by atoms with Crippen molar-refractivity contribution in [2.75, 3.05) is 13.2 Å². The summed E-state index contributed by atoms with van der Waals surface area (Å²) in [7, 11) is -4.18. The number of carbonyl (C=O) groups is 3. The van der Waals surface area contributed by atoms with Gasteiger partial charge in [-0.2, -0.15) is 8.42 Å². The van der Waals surface area contributed by atoms with Gasteiger partial charge in [0.05, 0.1) is 16.5 Å². The van der Waals surface area contributed by atoms with Gasteiger partial charge in [0.1, 0.15) is 11.4 Å². The Morgan fingerprint density at radius 1 is 1.22 bits per heavy atom. The van der Waals surface area contributed by atoms with Crippen molar-refractivity contribution in [2.45, 2.75) is 11.8 Å². The Morgan fingerprint density at radius 3 is 2.53 bits per heavy atom. The molecule has 0 aromatic heterocycles. The minimum Gasteiger partial charge on any atom is -0.490 e. The quantitative estimate of drug-likeness (QED) is 0.435. The minimum absolute atomic E-state index is 0.0297. The first-order chi connectivity index (χ1) is 15.1. The van der Waals surface area contributed by atoms with Crippen LogP contribution in [-0.2, 0) is 19.7 Å². The third kappa shape index (κ3) is 5.23. The Hall–Kier alpha value is -3.02. The molecule has 12 heteroatoms. The summed E-state index contributed by atoms with van der Waals surface area (Å²) in [5, 5.41) is -0.719. The van der Waals surface area contributed by atoms with Gasteiger partial charge in [0.25, 0.3) is 11.1 Å². The van der Waals surface area contributed by atoms with Crippen LogP contribution < -0.4 is 14.7 Å². The number of rotatable bonds is 8. The van der Waals surface area contributed by atoms with Gasteiger partial charge in [0, 0.05) is 0 Å². The lowest BCUT2D eigenvalue weighted by Gasteiger charge is -2.14. The number of amides is 3. The van der Waals surface area contributed by atoms with Crippen molar-refractivity contribution in [2.24, 2.45) is 5.73 Å². The first-order valence-electron chi connectivity index (χ1n) is 9.12. The normalized spacial score (nSPS) is 15.3. The van der Waals surface area contributed by atoms with Crippen LogP contribution in [0.2, 0.25) is 5.02 Å². The van der Waals surface area contributed by atoms with E-state index in [2.05, 4.69) is 0 Å². The standard InChI is InChI=1S/C20H17ClN2O7S2/c1-2-29-15-9-12(10-16-19(25)23(11-17(22)24)20(26)31-16)8-14(21)18(15)30-32(27,28)13-6-4-3-5-7-13/h3-10H,2,11H2,1H3,(H2,22,24)/b16-10-. The highest BCUT2D eigenvalue weighted by Gasteiger charge is 2.36. The minimum atomic E-state index is -4.18. The van der Waals surface area contributed by atoms with Crippen LogP contribution in [0.4, 0.5) is 4.79 Å². The fourth-order valence-electron chi connectivity index (χ4n) is 2.70. The van der Waals surface area contributed by atoms with Crippen molar-refractivity contribution in [3.8, 4) is 11.5 Å². The molecular formula is C20H17ClN2O7S2. The molecule has 0 saturated carbocycles. The molecule has 0 radical (unpaired) electrons. The monoisotopic (exact) mass is 496 g/mol. The Balaban J connectivity index is 1.96. The van der Waals surface area contributed by atoms with E-state index < -0.39 is 33.7 Å². The van der Waals surface area contributed by atoms with Crippen LogP contribution in [0.25, 0.3) is 6.08 Å². The van der Waals surface area contributed by atoms with Crippen molar-refractivity contribution in [1.29, 1.82) is 0 Å². The highest BCUT2D eigenvalue weighted by atomic mass is 35.5. The van der Waals surface area contributed by atoms with E-state index >= 15 is 0 Å². The van der Waals surface area contributed by atoms with E-state index in [0.29, 0.717) is 17.3 Å². The van der Waals surface area contributed by atoms with Gasteiger partial charge in [-0.3, -0.25) is 19.3 Å². The van der Waals surface area contributed by atoms with Gasteiger partial charge in [-0.15, -0.1) is 0 Å². The molecule has 9 nitrogen and oxygen atoms in total. The maximum absolute atomic E-state index is 12.6. The number of benzene rings is 2. The van der Waals surface area contributed by atoms with Crippen LogP contribution >= 0.6 is 23.4 Å². The summed E-state index contributed by atoms with van der Waals surface area (Å²) in [5.74, 6) is -1.69. The second-order valence-electron chi connectivity index (χ2n) is 6.35. The highest BCUT2D eigenvalue weighted by Crippen LogP contribution is 2.40. The van der Waals surface area contributed by atoms with Crippen LogP contribution in [0.1, 0.15) is 12.5 Å². The lowest BCUT2D eigenvalue weighted by Crippen LogP contribution is -2.36. The Kier molecular flexibility index (Phi) is 7.12. The molecule has 0 atom stereocenters. The van der Waals surface area contributed by atoms with Crippen molar-refractivity contribution in [3.63, 3.8) is 0 Å². The predicted octanol–water partition coefficient (Wildman–Crippen LogP) is 3.03. The van der Waals surface area contributed by atoms with Crippen LogP contribution in [0.15, 0.2) is 52.3 Å². The van der Waals surface area contributed by atoms with Crippen molar-refractivity contribution in [3.05, 3.63) is 58.0 Å². The molecule has 0 aliphatic carbocycles. The van der Waals surface area contributed by atoms with E-state index in [9.17, 15) is 22.8 Å². The van der Waals surface area contributed by atoms with Gasteiger partial charge < -0.3 is 14.7 Å². The lowest BCUT2D eigenvalue weighted by atomic mass is 10.2. The molecule has 1 saturated heterocycles. The van der Waals surface area contributed by atoms with E-state index in [0.717, 1.165) is 4.90 Å². The number of thioether (sulfide) groups is 1. The number of imide groups is 1. The fourth-order valence-corrected chi connectivity index (χ4v) is 4.82. The van der Waals surface area contributed by atoms with Gasteiger partial charge in [-0.25, -0.2) is 0 Å². The van der Waals surface area contributed by atoms with Crippen molar-refractivity contribution < 1.29 is 31.7 Å². The van der Waals surface area contributed by atoms with Gasteiger partial charge in [0.2, 0.25) is 11.7 Å². The van der Waals surface area contributed by atoms with E-state index in [4.69, 9.17) is 26.3 Å². The average molecular weight is 497 g/mol. The molecule has 32 heavy (non-hydrogen) atoms. The first-order valence-corrected chi connectivity index (χ1v) is 11.7. The molecular weight excluding hydrogens is 480 g/mol. The van der Waals surface area contributed by atoms with Crippen LogP contribution in [0, 0.1) is 0 Å². The number of nitrogens with zero attached hydrogens (tertiary/aromatic N) is 1. The summed E-state index contributed by atoms with van der Waals surface area (Å²) in [6.07, 6.45) is 1.37. The van der Waals surface area contributed by atoms with E-state index in [1.54, 1.807) is 25.1 Å². The zero-order valence-electron chi connectivity index (χ0n) is 16.6. The molecule has 1 aliphatic rings. The van der Waals surface area contributed by atoms with Crippen LogP contribution in [-0.4, -0.2) is 43.5 Å². The summed E-state index contributed by atoms with van der Waals surface area (Å²) in [6, 6.07) is 10.3. The third-order valence-corrected chi connectivity index (χ3v) is 6.47. The summed E-state index contributed by atoms with van der Waals surface area (Å²) in [4.78, 5) is 36.2. The SMILES string of the molecule is CCOc1cc(/C=C2\SC(=O)N(CC(N)=O)C2=O)cc(Cl)c1OS(=O)(=O)c1ccccc1. The summed E-state index contributed by atoms with van der Waals surface area (Å²) < 4.78 is 35.9. The van der Waals surface area contributed by atoms with E-state index in [1.165, 1.54) is 30.3 Å². The zero-order valence-corrected chi connectivity index (χ0v) is 19.0. The summed E-state index contributed by atoms with van der Waals surface area (Å²) in [5.41, 5.74) is 5.42. The molecule has 2 aromatic carbocycles. The molecule has 3 rings (SSSR count). The van der Waals surface area contributed by atoms with Gasteiger partial charge >= 0.3 is 10.1 Å². The van der Waals surface area contributed by atoms with Crippen molar-refractivity contribution >= 4 is 56.6 Å². The third-order valence-electron chi connectivity index (χ3n) is 4.04. The number of carbonyl (C=O) groups excluding carboxylic acids is 3. The number of hydrogen-bond acceptors (Lipinski definition) is 8. The van der Waals surface area contributed by atoms with Gasteiger partial charge in [0.15, 0.2) is 5.75 Å². The largest absolute Gasteiger partial charge is 0.490 e. The number of nitrogens with two attached hydrogens (primary N) is 1. The molecule has 1 heterocycles. The highest BCUT2D eigenvalue weighted by molar-refractivity contribution is 8.18. The molecule has 0 spiro atoms. The van der Waals surface area contributed by atoms with Crippen molar-refractivity contribution in [1.82, 2.24) is 4.90 Å². The predicted molar refractivity (Wildman–Crippen MR) is 119 cm³/mol.